The van der Waals surface area contributed by atoms with Crippen LogP contribution in [0.25, 0.3) is 23.1 Å². The topological polar surface area (TPSA) is 37.9 Å². The van der Waals surface area contributed by atoms with Gasteiger partial charge in [0.15, 0.2) is 0 Å². The first-order valence-corrected chi connectivity index (χ1v) is 6.10. The molecule has 0 fully saturated rings. The lowest BCUT2D eigenvalue weighted by Crippen LogP contribution is -1.83. The molecule has 3 heteroatoms. The molecule has 1 aromatic carbocycles. The minimum Gasteiger partial charge on any atom is -0.495 e. The van der Waals surface area contributed by atoms with E-state index in [0.29, 0.717) is 0 Å². The molecule has 0 radical (unpaired) electrons. The van der Waals surface area contributed by atoms with Crippen molar-refractivity contribution < 1.29 is 4.74 Å². The lowest BCUT2D eigenvalue weighted by Gasteiger charge is -2.00. The van der Waals surface area contributed by atoms with Gasteiger partial charge in [0, 0.05) is 24.0 Å². The first-order chi connectivity index (χ1) is 9.38. The van der Waals surface area contributed by atoms with E-state index in [0.717, 1.165) is 27.8 Å². The largest absolute Gasteiger partial charge is 0.495 e. The van der Waals surface area contributed by atoms with Gasteiger partial charge in [0.05, 0.1) is 12.6 Å². The lowest BCUT2D eigenvalue weighted by molar-refractivity contribution is 0.419. The third kappa shape index (κ3) is 2.22. The van der Waals surface area contributed by atoms with Gasteiger partial charge in [-0.3, -0.25) is 4.98 Å². The van der Waals surface area contributed by atoms with E-state index in [9.17, 15) is 0 Å². The molecule has 1 N–H and O–H groups in total. The van der Waals surface area contributed by atoms with Crippen LogP contribution in [0.1, 0.15) is 11.1 Å². The van der Waals surface area contributed by atoms with Gasteiger partial charge in [-0.15, -0.1) is 0 Å². The summed E-state index contributed by atoms with van der Waals surface area (Å²) in [4.78, 5) is 7.35. The second-order valence-electron chi connectivity index (χ2n) is 4.25. The van der Waals surface area contributed by atoms with Crippen LogP contribution in [0.3, 0.4) is 0 Å². The van der Waals surface area contributed by atoms with Crippen LogP contribution in [0.15, 0.2) is 48.9 Å². The molecule has 0 saturated heterocycles. The highest BCUT2D eigenvalue weighted by molar-refractivity contribution is 5.94. The predicted octanol–water partition coefficient (Wildman–Crippen LogP) is 3.74. The minimum absolute atomic E-state index is 0.860. The van der Waals surface area contributed by atoms with Crippen LogP contribution < -0.4 is 4.74 Å². The van der Waals surface area contributed by atoms with Crippen LogP contribution >= 0.6 is 0 Å². The lowest BCUT2D eigenvalue weighted by atomic mass is 10.1. The molecule has 0 aliphatic carbocycles. The van der Waals surface area contributed by atoms with Crippen molar-refractivity contribution >= 4 is 23.1 Å². The first-order valence-electron chi connectivity index (χ1n) is 6.10. The molecule has 0 aliphatic heterocycles. The normalized spacial score (nSPS) is 11.2. The summed E-state index contributed by atoms with van der Waals surface area (Å²) in [5, 5.41) is 1.15. The van der Waals surface area contributed by atoms with Gasteiger partial charge in [0.25, 0.3) is 0 Å². The van der Waals surface area contributed by atoms with Gasteiger partial charge in [-0.1, -0.05) is 30.4 Å². The zero-order valence-corrected chi connectivity index (χ0v) is 10.6. The van der Waals surface area contributed by atoms with Crippen LogP contribution in [0.4, 0.5) is 0 Å². The van der Waals surface area contributed by atoms with Crippen molar-refractivity contribution in [1.29, 1.82) is 0 Å². The Balaban J connectivity index is 2.00. The Kier molecular flexibility index (Phi) is 3.02. The number of H-pyrrole nitrogens is 1. The average molecular weight is 250 g/mol. The van der Waals surface area contributed by atoms with Crippen molar-refractivity contribution in [1.82, 2.24) is 9.97 Å². The summed E-state index contributed by atoms with van der Waals surface area (Å²) in [5.74, 6) is 0.860. The number of benzene rings is 1. The van der Waals surface area contributed by atoms with Gasteiger partial charge in [0.2, 0.25) is 0 Å². The number of para-hydroxylation sites is 1. The smallest absolute Gasteiger partial charge is 0.142 e. The quantitative estimate of drug-likeness (QED) is 0.769. The number of ether oxygens (including phenoxy) is 1. The molecular formula is C16H14N2O. The van der Waals surface area contributed by atoms with Crippen molar-refractivity contribution in [3.8, 4) is 5.75 Å². The molecule has 94 valence electrons. The second kappa shape index (κ2) is 4.98. The van der Waals surface area contributed by atoms with E-state index in [1.807, 2.05) is 36.7 Å². The number of hydrogen-bond acceptors (Lipinski definition) is 2. The van der Waals surface area contributed by atoms with E-state index in [4.69, 9.17) is 4.74 Å². The Labute approximate surface area is 111 Å². The number of pyridine rings is 1. The van der Waals surface area contributed by atoms with Crippen LogP contribution in [0.2, 0.25) is 0 Å². The van der Waals surface area contributed by atoms with Crippen molar-refractivity contribution in [2.75, 3.05) is 7.11 Å². The summed E-state index contributed by atoms with van der Waals surface area (Å²) in [6.07, 6.45) is 9.73. The van der Waals surface area contributed by atoms with Gasteiger partial charge in [0.1, 0.15) is 5.75 Å². The first kappa shape index (κ1) is 11.5. The Morgan fingerprint density at radius 2 is 2.11 bits per heavy atom. The zero-order chi connectivity index (χ0) is 13.1. The van der Waals surface area contributed by atoms with E-state index in [1.165, 1.54) is 0 Å². The highest BCUT2D eigenvalue weighted by atomic mass is 16.5. The number of aromatic nitrogens is 2. The van der Waals surface area contributed by atoms with E-state index in [1.54, 1.807) is 13.3 Å². The standard InChI is InChI=1S/C16H14N2O/c1-19-15-6-2-5-14-13(11-18-16(14)15)8-7-12-4-3-9-17-10-12/h2-11,18H,1H3/b8-7+. The highest BCUT2D eigenvalue weighted by Crippen LogP contribution is 2.27. The van der Waals surface area contributed by atoms with Gasteiger partial charge in [-0.2, -0.15) is 0 Å². The van der Waals surface area contributed by atoms with Crippen molar-refractivity contribution in [2.45, 2.75) is 0 Å². The maximum absolute atomic E-state index is 5.34. The number of hydrogen-bond donors (Lipinski definition) is 1. The number of nitrogens with one attached hydrogen (secondary N) is 1. The summed E-state index contributed by atoms with van der Waals surface area (Å²) < 4.78 is 5.34. The molecule has 3 nitrogen and oxygen atoms in total. The van der Waals surface area contributed by atoms with Crippen molar-refractivity contribution in [3.05, 3.63) is 60.0 Å². The van der Waals surface area contributed by atoms with Crippen LogP contribution in [0, 0.1) is 0 Å². The van der Waals surface area contributed by atoms with Crippen molar-refractivity contribution in [2.24, 2.45) is 0 Å². The number of fused-ring (bicyclic) bond motifs is 1. The number of aromatic amines is 1. The van der Waals surface area contributed by atoms with Gasteiger partial charge < -0.3 is 9.72 Å². The van der Waals surface area contributed by atoms with E-state index < -0.39 is 0 Å². The SMILES string of the molecule is COc1cccc2c(/C=C/c3cccnc3)c[nH]c12. The fourth-order valence-electron chi connectivity index (χ4n) is 2.12. The van der Waals surface area contributed by atoms with Gasteiger partial charge in [-0.05, 0) is 23.3 Å². The van der Waals surface area contributed by atoms with E-state index >= 15 is 0 Å². The van der Waals surface area contributed by atoms with Gasteiger partial charge >= 0.3 is 0 Å². The molecule has 3 aromatic rings. The molecule has 0 atom stereocenters. The molecule has 0 unspecified atom stereocenters. The Hall–Kier alpha value is -2.55. The maximum atomic E-state index is 5.34. The van der Waals surface area contributed by atoms with E-state index in [-0.39, 0.29) is 0 Å². The Morgan fingerprint density at radius 3 is 2.89 bits per heavy atom. The molecule has 2 heterocycles. The Bertz CT molecular complexity index is 714. The molecule has 0 aliphatic rings. The fourth-order valence-corrected chi connectivity index (χ4v) is 2.12. The van der Waals surface area contributed by atoms with Crippen molar-refractivity contribution in [3.63, 3.8) is 0 Å². The van der Waals surface area contributed by atoms with Crippen LogP contribution in [-0.2, 0) is 0 Å². The molecule has 0 bridgehead atoms. The molecule has 0 amide bonds. The third-order valence-electron chi connectivity index (χ3n) is 3.07. The summed E-state index contributed by atoms with van der Waals surface area (Å²) >= 11 is 0. The number of rotatable bonds is 3. The number of methoxy groups -OCH3 is 1. The Morgan fingerprint density at radius 1 is 1.16 bits per heavy atom. The predicted molar refractivity (Wildman–Crippen MR) is 78.0 cm³/mol. The molecule has 0 saturated carbocycles. The minimum atomic E-state index is 0.860. The number of nitrogens with zero attached hydrogens (tertiary/aromatic N) is 1. The molecule has 0 spiro atoms. The second-order valence-corrected chi connectivity index (χ2v) is 4.25. The van der Waals surface area contributed by atoms with E-state index in [2.05, 4.69) is 28.2 Å². The monoisotopic (exact) mass is 250 g/mol. The average Bonchev–Trinajstić information content (AvgIpc) is 2.89. The third-order valence-corrected chi connectivity index (χ3v) is 3.07. The highest BCUT2D eigenvalue weighted by Gasteiger charge is 2.05. The fraction of sp³-hybridized carbons (Fsp3) is 0.0625. The van der Waals surface area contributed by atoms with Crippen LogP contribution in [0.5, 0.6) is 5.75 Å². The summed E-state index contributed by atoms with van der Waals surface area (Å²) in [5.41, 5.74) is 3.24. The summed E-state index contributed by atoms with van der Waals surface area (Å²) in [6, 6.07) is 9.98. The summed E-state index contributed by atoms with van der Waals surface area (Å²) in [7, 11) is 1.68. The molecule has 3 rings (SSSR count). The maximum Gasteiger partial charge on any atom is 0.142 e. The van der Waals surface area contributed by atoms with Gasteiger partial charge in [-0.25, -0.2) is 0 Å². The zero-order valence-electron chi connectivity index (χ0n) is 10.6. The van der Waals surface area contributed by atoms with Crippen LogP contribution in [-0.4, -0.2) is 17.1 Å². The molecule has 19 heavy (non-hydrogen) atoms. The molecular weight excluding hydrogens is 236 g/mol. The summed E-state index contributed by atoms with van der Waals surface area (Å²) in [6.45, 7) is 0. The molecule has 2 aromatic heterocycles.